The highest BCUT2D eigenvalue weighted by molar-refractivity contribution is 6.68. The zero-order valence-electron chi connectivity index (χ0n) is 8.22. The Labute approximate surface area is 96.5 Å². The van der Waals surface area contributed by atoms with Crippen molar-refractivity contribution in [3.63, 3.8) is 0 Å². The maximum atomic E-state index is 13.6. The normalized spacial score (nSPS) is 12.6. The summed E-state index contributed by atoms with van der Waals surface area (Å²) in [6.07, 6.45) is -1.54. The van der Waals surface area contributed by atoms with Crippen molar-refractivity contribution in [2.24, 2.45) is 7.05 Å². The van der Waals surface area contributed by atoms with Crippen LogP contribution in [0, 0.1) is 0 Å². The standard InChI is InChI=1S/C9H9Cl2FN2O/c1-4(2)6(12)7-5(9(11)15)8(10)14(3)13-7/h6H,1H2,2-3H3. The highest BCUT2D eigenvalue weighted by Gasteiger charge is 2.26. The second kappa shape index (κ2) is 4.33. The summed E-state index contributed by atoms with van der Waals surface area (Å²) in [7, 11) is 1.50. The number of nitrogens with zero attached hydrogens (tertiary/aromatic N) is 2. The zero-order valence-corrected chi connectivity index (χ0v) is 9.73. The van der Waals surface area contributed by atoms with E-state index in [9.17, 15) is 9.18 Å². The summed E-state index contributed by atoms with van der Waals surface area (Å²) in [5.74, 6) is 0. The van der Waals surface area contributed by atoms with Crippen molar-refractivity contribution in [3.05, 3.63) is 28.6 Å². The number of hydrogen-bond donors (Lipinski definition) is 0. The lowest BCUT2D eigenvalue weighted by Gasteiger charge is -2.04. The molecule has 1 heterocycles. The Bertz CT molecular complexity index is 428. The predicted molar refractivity (Wildman–Crippen MR) is 57.1 cm³/mol. The number of aromatic nitrogens is 2. The number of rotatable bonds is 3. The van der Waals surface area contributed by atoms with Crippen molar-refractivity contribution in [3.8, 4) is 0 Å². The lowest BCUT2D eigenvalue weighted by molar-refractivity contribution is 0.107. The minimum Gasteiger partial charge on any atom is -0.275 e. The van der Waals surface area contributed by atoms with Gasteiger partial charge in [0.1, 0.15) is 10.8 Å². The summed E-state index contributed by atoms with van der Waals surface area (Å²) in [5, 5.41) is 2.99. The number of carbonyl (C=O) groups excluding carboxylic acids is 1. The molecule has 3 nitrogen and oxygen atoms in total. The van der Waals surface area contributed by atoms with Crippen LogP contribution in [-0.4, -0.2) is 15.0 Å². The van der Waals surface area contributed by atoms with Crippen molar-refractivity contribution >= 4 is 28.4 Å². The zero-order chi connectivity index (χ0) is 11.7. The van der Waals surface area contributed by atoms with E-state index in [1.807, 2.05) is 0 Å². The van der Waals surface area contributed by atoms with E-state index in [-0.39, 0.29) is 22.0 Å². The summed E-state index contributed by atoms with van der Waals surface area (Å²) in [6, 6.07) is 0. The maximum Gasteiger partial charge on any atom is 0.257 e. The molecule has 0 saturated carbocycles. The predicted octanol–water partition coefficient (Wildman–Crippen LogP) is 3.04. The third-order valence-corrected chi connectivity index (χ3v) is 2.50. The monoisotopic (exact) mass is 250 g/mol. The Morgan fingerprint density at radius 1 is 1.67 bits per heavy atom. The molecule has 0 spiro atoms. The molecule has 0 radical (unpaired) electrons. The van der Waals surface area contributed by atoms with Gasteiger partial charge in [-0.3, -0.25) is 9.48 Å². The first-order valence-corrected chi connectivity index (χ1v) is 4.83. The van der Waals surface area contributed by atoms with E-state index in [0.717, 1.165) is 0 Å². The Balaban J connectivity index is 3.35. The molecule has 6 heteroatoms. The number of alkyl halides is 1. The largest absolute Gasteiger partial charge is 0.275 e. The van der Waals surface area contributed by atoms with Gasteiger partial charge in [0.05, 0.1) is 5.56 Å². The summed E-state index contributed by atoms with van der Waals surface area (Å²) in [6.45, 7) is 4.94. The molecule has 0 aliphatic rings. The van der Waals surface area contributed by atoms with Crippen molar-refractivity contribution in [2.75, 3.05) is 0 Å². The molecule has 0 saturated heterocycles. The number of halogens is 3. The van der Waals surface area contributed by atoms with Gasteiger partial charge in [0.2, 0.25) is 0 Å². The van der Waals surface area contributed by atoms with E-state index in [1.54, 1.807) is 0 Å². The van der Waals surface area contributed by atoms with Gasteiger partial charge in [-0.1, -0.05) is 18.2 Å². The van der Waals surface area contributed by atoms with Gasteiger partial charge in [-0.2, -0.15) is 5.10 Å². The third kappa shape index (κ3) is 2.21. The molecule has 0 aliphatic carbocycles. The third-order valence-electron chi connectivity index (χ3n) is 1.87. The molecule has 1 rings (SSSR count). The van der Waals surface area contributed by atoms with Gasteiger partial charge in [-0.15, -0.1) is 0 Å². The van der Waals surface area contributed by atoms with Crippen molar-refractivity contribution in [2.45, 2.75) is 13.1 Å². The minimum absolute atomic E-state index is 0.0221. The van der Waals surface area contributed by atoms with E-state index in [2.05, 4.69) is 11.7 Å². The molecule has 0 bridgehead atoms. The summed E-state index contributed by atoms with van der Waals surface area (Å²) < 4.78 is 14.8. The average Bonchev–Trinajstić information content (AvgIpc) is 2.41. The number of allylic oxidation sites excluding steroid dienone is 1. The SMILES string of the molecule is C=C(C)C(F)c1nn(C)c(Cl)c1C(=O)Cl. The lowest BCUT2D eigenvalue weighted by atomic mass is 10.1. The molecule has 1 atom stereocenters. The van der Waals surface area contributed by atoms with Crippen LogP contribution in [0.4, 0.5) is 4.39 Å². The van der Waals surface area contributed by atoms with Gasteiger partial charge in [-0.25, -0.2) is 4.39 Å². The first-order valence-electron chi connectivity index (χ1n) is 4.08. The molecule has 0 amide bonds. The molecular weight excluding hydrogens is 242 g/mol. The molecule has 0 aliphatic heterocycles. The number of aryl methyl sites for hydroxylation is 1. The van der Waals surface area contributed by atoms with Crippen LogP contribution < -0.4 is 0 Å². The number of carbonyl (C=O) groups is 1. The van der Waals surface area contributed by atoms with E-state index >= 15 is 0 Å². The van der Waals surface area contributed by atoms with Crippen LogP contribution in [0.1, 0.15) is 29.1 Å². The van der Waals surface area contributed by atoms with Crippen molar-refractivity contribution < 1.29 is 9.18 Å². The summed E-state index contributed by atoms with van der Waals surface area (Å²) >= 11 is 11.1. The Hall–Kier alpha value is -0.870. The maximum absolute atomic E-state index is 13.6. The van der Waals surface area contributed by atoms with Crippen molar-refractivity contribution in [1.82, 2.24) is 9.78 Å². The molecular formula is C9H9Cl2FN2O. The van der Waals surface area contributed by atoms with Crippen LogP contribution in [0.3, 0.4) is 0 Å². The molecule has 15 heavy (non-hydrogen) atoms. The average molecular weight is 251 g/mol. The van der Waals surface area contributed by atoms with Crippen LogP contribution in [0.2, 0.25) is 5.15 Å². The van der Waals surface area contributed by atoms with Crippen molar-refractivity contribution in [1.29, 1.82) is 0 Å². The Kier molecular flexibility index (Phi) is 3.52. The van der Waals surface area contributed by atoms with Gasteiger partial charge in [0.25, 0.3) is 5.24 Å². The van der Waals surface area contributed by atoms with E-state index < -0.39 is 11.4 Å². The van der Waals surface area contributed by atoms with Gasteiger partial charge in [0, 0.05) is 7.05 Å². The highest BCUT2D eigenvalue weighted by atomic mass is 35.5. The highest BCUT2D eigenvalue weighted by Crippen LogP contribution is 2.31. The first-order chi connectivity index (χ1) is 6.86. The van der Waals surface area contributed by atoms with Gasteiger partial charge in [0.15, 0.2) is 6.17 Å². The smallest absolute Gasteiger partial charge is 0.257 e. The first kappa shape index (κ1) is 12.2. The Morgan fingerprint density at radius 2 is 2.20 bits per heavy atom. The minimum atomic E-state index is -1.54. The molecule has 1 unspecified atom stereocenters. The van der Waals surface area contributed by atoms with Gasteiger partial charge >= 0.3 is 0 Å². The second-order valence-corrected chi connectivity index (χ2v) is 3.86. The molecule has 82 valence electrons. The quantitative estimate of drug-likeness (QED) is 0.611. The van der Waals surface area contributed by atoms with Crippen LogP contribution >= 0.6 is 23.2 Å². The van der Waals surface area contributed by atoms with Crippen LogP contribution in [0.5, 0.6) is 0 Å². The van der Waals surface area contributed by atoms with Crippen LogP contribution in [0.25, 0.3) is 0 Å². The topological polar surface area (TPSA) is 34.9 Å². The Morgan fingerprint density at radius 3 is 2.60 bits per heavy atom. The van der Waals surface area contributed by atoms with Crippen LogP contribution in [0.15, 0.2) is 12.2 Å². The van der Waals surface area contributed by atoms with Gasteiger partial charge in [-0.05, 0) is 24.1 Å². The molecule has 1 aromatic heterocycles. The van der Waals surface area contributed by atoms with Crippen LogP contribution in [-0.2, 0) is 7.05 Å². The number of hydrogen-bond acceptors (Lipinski definition) is 2. The summed E-state index contributed by atoms with van der Waals surface area (Å²) in [5.41, 5.74) is 0.0512. The fourth-order valence-electron chi connectivity index (χ4n) is 1.12. The molecule has 0 aromatic carbocycles. The fraction of sp³-hybridized carbons (Fsp3) is 0.333. The molecule has 0 N–H and O–H groups in total. The second-order valence-electron chi connectivity index (χ2n) is 3.16. The summed E-state index contributed by atoms with van der Waals surface area (Å²) in [4.78, 5) is 11.1. The van der Waals surface area contributed by atoms with E-state index in [4.69, 9.17) is 23.2 Å². The van der Waals surface area contributed by atoms with E-state index in [1.165, 1.54) is 18.7 Å². The van der Waals surface area contributed by atoms with Gasteiger partial charge < -0.3 is 0 Å². The molecule has 0 fully saturated rings. The molecule has 1 aromatic rings. The lowest BCUT2D eigenvalue weighted by Crippen LogP contribution is -2.00. The van der Waals surface area contributed by atoms with E-state index in [0.29, 0.717) is 0 Å². The fourth-order valence-corrected chi connectivity index (χ4v) is 1.57.